The molecule has 0 bridgehead atoms. The minimum Gasteiger partial charge on any atom is -0.368 e. The summed E-state index contributed by atoms with van der Waals surface area (Å²) in [7, 11) is 0. The van der Waals surface area contributed by atoms with Crippen molar-refractivity contribution in [2.75, 3.05) is 11.9 Å². The van der Waals surface area contributed by atoms with Crippen LogP contribution < -0.4 is 16.5 Å². The second-order valence-electron chi connectivity index (χ2n) is 2.82. The summed E-state index contributed by atoms with van der Waals surface area (Å²) in [5.74, 6) is -1.11. The highest BCUT2D eigenvalue weighted by Gasteiger charge is 2.02. The molecule has 0 aliphatic carbocycles. The van der Waals surface area contributed by atoms with Crippen molar-refractivity contribution in [3.63, 3.8) is 0 Å². The van der Waals surface area contributed by atoms with Gasteiger partial charge < -0.3 is 11.1 Å². The second-order valence-corrected chi connectivity index (χ2v) is 2.82. The lowest BCUT2D eigenvalue weighted by Crippen LogP contribution is -2.32. The van der Waals surface area contributed by atoms with Gasteiger partial charge in [0.25, 0.3) is 0 Å². The maximum atomic E-state index is 12.5. The van der Waals surface area contributed by atoms with E-state index >= 15 is 0 Å². The Morgan fingerprint density at radius 1 is 1.31 bits per heavy atom. The third-order valence-corrected chi connectivity index (χ3v) is 1.48. The molecule has 3 amide bonds. The first-order chi connectivity index (χ1) is 7.58. The molecule has 0 saturated carbocycles. The number of amides is 3. The van der Waals surface area contributed by atoms with Gasteiger partial charge in [0.15, 0.2) is 6.61 Å². The third-order valence-electron chi connectivity index (χ3n) is 1.48. The van der Waals surface area contributed by atoms with Gasteiger partial charge in [-0.05, 0) is 24.3 Å². The van der Waals surface area contributed by atoms with E-state index in [9.17, 15) is 14.0 Å². The monoisotopic (exact) mass is 227 g/mol. The number of anilines is 1. The summed E-state index contributed by atoms with van der Waals surface area (Å²) in [6.07, 6.45) is 0. The zero-order valence-corrected chi connectivity index (χ0v) is 8.20. The molecule has 4 N–H and O–H groups in total. The minimum atomic E-state index is -0.706. The van der Waals surface area contributed by atoms with Gasteiger partial charge in [0.1, 0.15) is 5.82 Å². The number of halogens is 1. The predicted octanol–water partition coefficient (Wildman–Crippen LogP) is 0.364. The number of carbonyl (C=O) groups excluding carboxylic acids is 2. The Morgan fingerprint density at radius 3 is 2.50 bits per heavy atom. The maximum Gasteiger partial charge on any atom is 0.343 e. The van der Waals surface area contributed by atoms with E-state index in [-0.39, 0.29) is 0 Å². The van der Waals surface area contributed by atoms with Crippen LogP contribution in [0.4, 0.5) is 14.9 Å². The van der Waals surface area contributed by atoms with E-state index in [1.54, 1.807) is 0 Å². The molecule has 0 aliphatic heterocycles. The number of hydrogen-bond acceptors (Lipinski definition) is 3. The molecular formula is C9H10FN3O3. The summed E-state index contributed by atoms with van der Waals surface area (Å²) in [4.78, 5) is 25.8. The Morgan fingerprint density at radius 2 is 1.94 bits per heavy atom. The highest BCUT2D eigenvalue weighted by Crippen LogP contribution is 2.07. The van der Waals surface area contributed by atoms with Crippen LogP contribution >= 0.6 is 0 Å². The van der Waals surface area contributed by atoms with Gasteiger partial charge in [-0.25, -0.2) is 14.7 Å². The topological polar surface area (TPSA) is 93.5 Å². The van der Waals surface area contributed by atoms with Crippen LogP contribution in [0.15, 0.2) is 24.3 Å². The number of carbonyl (C=O) groups is 2. The Balaban J connectivity index is 2.34. The number of primary amides is 1. The molecule has 86 valence electrons. The van der Waals surface area contributed by atoms with Crippen LogP contribution in [-0.4, -0.2) is 18.5 Å². The number of nitrogens with one attached hydrogen (secondary N) is 2. The van der Waals surface area contributed by atoms with Crippen LogP contribution in [0.1, 0.15) is 0 Å². The summed E-state index contributed by atoms with van der Waals surface area (Å²) < 4.78 is 12.5. The molecule has 1 aromatic carbocycles. The highest BCUT2D eigenvalue weighted by atomic mass is 19.1. The fourth-order valence-electron chi connectivity index (χ4n) is 0.863. The summed E-state index contributed by atoms with van der Waals surface area (Å²) in [5.41, 5.74) is 7.09. The third kappa shape index (κ3) is 4.38. The van der Waals surface area contributed by atoms with Crippen molar-refractivity contribution in [1.29, 1.82) is 0 Å². The fourth-order valence-corrected chi connectivity index (χ4v) is 0.863. The number of benzene rings is 1. The van der Waals surface area contributed by atoms with E-state index in [1.807, 2.05) is 5.48 Å². The van der Waals surface area contributed by atoms with Crippen LogP contribution in [-0.2, 0) is 9.63 Å². The summed E-state index contributed by atoms with van der Waals surface area (Å²) in [5, 5.41) is 2.35. The first kappa shape index (κ1) is 11.9. The SMILES string of the molecule is NC(=O)CONC(=O)Nc1ccc(F)cc1. The summed E-state index contributed by atoms with van der Waals surface area (Å²) >= 11 is 0. The average molecular weight is 227 g/mol. The molecule has 0 unspecified atom stereocenters. The molecule has 0 aliphatic rings. The molecule has 0 heterocycles. The lowest BCUT2D eigenvalue weighted by Gasteiger charge is -2.06. The quantitative estimate of drug-likeness (QED) is 0.648. The number of hydroxylamine groups is 1. The van der Waals surface area contributed by atoms with Crippen LogP contribution in [0.5, 0.6) is 0 Å². The molecule has 1 rings (SSSR count). The number of nitrogens with two attached hydrogens (primary N) is 1. The summed E-state index contributed by atoms with van der Waals surface area (Å²) in [6, 6.07) is 4.46. The molecule has 0 saturated heterocycles. The van der Waals surface area contributed by atoms with Gasteiger partial charge in [-0.2, -0.15) is 0 Å². The molecular weight excluding hydrogens is 217 g/mol. The van der Waals surface area contributed by atoms with Crippen LogP contribution in [0.3, 0.4) is 0 Å². The molecule has 1 aromatic rings. The van der Waals surface area contributed by atoms with Crippen LogP contribution in [0.25, 0.3) is 0 Å². The van der Waals surface area contributed by atoms with E-state index in [0.29, 0.717) is 5.69 Å². The summed E-state index contributed by atoms with van der Waals surface area (Å²) in [6.45, 7) is -0.420. The first-order valence-corrected chi connectivity index (χ1v) is 4.30. The van der Waals surface area contributed by atoms with Gasteiger partial charge in [0, 0.05) is 5.69 Å². The van der Waals surface area contributed by atoms with Gasteiger partial charge >= 0.3 is 6.03 Å². The van der Waals surface area contributed by atoms with Gasteiger partial charge in [-0.3, -0.25) is 9.63 Å². The van der Waals surface area contributed by atoms with Crippen molar-refractivity contribution in [3.05, 3.63) is 30.1 Å². The highest BCUT2D eigenvalue weighted by molar-refractivity contribution is 5.88. The molecule has 6 nitrogen and oxygen atoms in total. The molecule has 0 fully saturated rings. The van der Waals surface area contributed by atoms with Crippen LogP contribution in [0, 0.1) is 5.82 Å². The first-order valence-electron chi connectivity index (χ1n) is 4.30. The molecule has 0 atom stereocenters. The van der Waals surface area contributed by atoms with Gasteiger partial charge in [0.2, 0.25) is 5.91 Å². The zero-order chi connectivity index (χ0) is 12.0. The standard InChI is InChI=1S/C9H10FN3O3/c10-6-1-3-7(4-2-6)12-9(15)13-16-5-8(11)14/h1-4H,5H2,(H2,11,14)(H2,12,13,15). The van der Waals surface area contributed by atoms with Gasteiger partial charge in [0.05, 0.1) is 0 Å². The fraction of sp³-hybridized carbons (Fsp3) is 0.111. The van der Waals surface area contributed by atoms with E-state index in [2.05, 4.69) is 10.2 Å². The second kappa shape index (κ2) is 5.66. The molecule has 7 heteroatoms. The smallest absolute Gasteiger partial charge is 0.343 e. The lowest BCUT2D eigenvalue weighted by atomic mass is 10.3. The largest absolute Gasteiger partial charge is 0.368 e. The minimum absolute atomic E-state index is 0.390. The Bertz CT molecular complexity index is 380. The number of urea groups is 1. The zero-order valence-electron chi connectivity index (χ0n) is 8.20. The van der Waals surface area contributed by atoms with E-state index in [4.69, 9.17) is 5.73 Å². The van der Waals surface area contributed by atoms with Crippen LogP contribution in [0.2, 0.25) is 0 Å². The molecule has 0 radical (unpaired) electrons. The van der Waals surface area contributed by atoms with E-state index < -0.39 is 24.4 Å². The molecule has 0 spiro atoms. The van der Waals surface area contributed by atoms with Crippen molar-refractivity contribution in [1.82, 2.24) is 5.48 Å². The van der Waals surface area contributed by atoms with Crippen molar-refractivity contribution >= 4 is 17.6 Å². The lowest BCUT2D eigenvalue weighted by molar-refractivity contribution is -0.124. The molecule has 0 aromatic heterocycles. The predicted molar refractivity (Wildman–Crippen MR) is 53.7 cm³/mol. The van der Waals surface area contributed by atoms with Crippen molar-refractivity contribution < 1.29 is 18.8 Å². The Kier molecular flexibility index (Phi) is 4.22. The van der Waals surface area contributed by atoms with Gasteiger partial charge in [-0.1, -0.05) is 0 Å². The van der Waals surface area contributed by atoms with E-state index in [0.717, 1.165) is 0 Å². The van der Waals surface area contributed by atoms with E-state index in [1.165, 1.54) is 24.3 Å². The number of hydrogen-bond donors (Lipinski definition) is 3. The maximum absolute atomic E-state index is 12.5. The van der Waals surface area contributed by atoms with Crippen molar-refractivity contribution in [2.45, 2.75) is 0 Å². The average Bonchev–Trinajstić information content (AvgIpc) is 2.21. The Labute approximate surface area is 90.5 Å². The van der Waals surface area contributed by atoms with Gasteiger partial charge in [-0.15, -0.1) is 0 Å². The van der Waals surface area contributed by atoms with Crippen molar-refractivity contribution in [2.24, 2.45) is 5.73 Å². The van der Waals surface area contributed by atoms with Crippen molar-refractivity contribution in [3.8, 4) is 0 Å². The molecule has 16 heavy (non-hydrogen) atoms. The Hall–Kier alpha value is -2.15. The normalized spacial score (nSPS) is 9.56. The number of rotatable bonds is 4.